The number of nitrogens with one attached hydrogen (secondary N) is 2. The molecule has 31 heavy (non-hydrogen) atoms. The maximum atomic E-state index is 14.6. The number of pyridine rings is 1. The van der Waals surface area contributed by atoms with Gasteiger partial charge in [-0.15, -0.1) is 0 Å². The Hall–Kier alpha value is -3.07. The van der Waals surface area contributed by atoms with E-state index in [0.717, 1.165) is 17.2 Å². The zero-order valence-electron chi connectivity index (χ0n) is 17.4. The molecule has 2 aromatic rings. The second-order valence-corrected chi connectivity index (χ2v) is 7.72. The molecule has 1 aliphatic heterocycles. The molecule has 1 aromatic carbocycles. The predicted octanol–water partition coefficient (Wildman–Crippen LogP) is 2.81. The molecule has 3 amide bonds. The minimum Gasteiger partial charge on any atom is -0.330 e. The van der Waals surface area contributed by atoms with Crippen LogP contribution in [0.15, 0.2) is 36.5 Å². The molecule has 1 aromatic heterocycles. The van der Waals surface area contributed by atoms with Gasteiger partial charge in [-0.25, -0.2) is 14.9 Å². The average Bonchev–Trinajstić information content (AvgIpc) is 3.28. The zero-order valence-corrected chi connectivity index (χ0v) is 17.4. The number of alkyl halides is 1. The van der Waals surface area contributed by atoms with Crippen LogP contribution in [0.2, 0.25) is 0 Å². The Balaban J connectivity index is 1.74. The fourth-order valence-electron chi connectivity index (χ4n) is 3.94. The third-order valence-electron chi connectivity index (χ3n) is 5.62. The van der Waals surface area contributed by atoms with Crippen LogP contribution in [-0.2, 0) is 14.4 Å². The van der Waals surface area contributed by atoms with Crippen molar-refractivity contribution in [1.29, 1.82) is 0 Å². The quantitative estimate of drug-likeness (QED) is 0.440. The lowest BCUT2D eigenvalue weighted by Crippen LogP contribution is -2.49. The molecule has 8 nitrogen and oxygen atoms in total. The smallest absolute Gasteiger partial charge is 0.278 e. The van der Waals surface area contributed by atoms with Gasteiger partial charge in [0.25, 0.3) is 5.91 Å². The number of carbonyl (C=O) groups excluding carboxylic acids is 3. The number of amides is 3. The molecule has 0 saturated carbocycles. The summed E-state index contributed by atoms with van der Waals surface area (Å²) in [7, 11) is 0. The van der Waals surface area contributed by atoms with Crippen molar-refractivity contribution in [2.45, 2.75) is 51.2 Å². The fraction of sp³-hybridized carbons (Fsp3) is 0.455. The van der Waals surface area contributed by atoms with Gasteiger partial charge in [0.2, 0.25) is 11.8 Å². The number of nitrogens with zero attached hydrogens (tertiary/aromatic N) is 2. The molecule has 166 valence electrons. The highest BCUT2D eigenvalue weighted by molar-refractivity contribution is 5.99. The van der Waals surface area contributed by atoms with E-state index in [1.54, 1.807) is 12.3 Å². The van der Waals surface area contributed by atoms with Crippen LogP contribution in [-0.4, -0.2) is 51.6 Å². The molecule has 3 atom stereocenters. The number of hydrogen-bond acceptors (Lipinski definition) is 5. The number of hydroxylamine groups is 1. The van der Waals surface area contributed by atoms with Crippen molar-refractivity contribution in [3.05, 3.63) is 36.5 Å². The molecule has 2 unspecified atom stereocenters. The highest BCUT2D eigenvalue weighted by atomic mass is 19.1. The Morgan fingerprint density at radius 1 is 1.29 bits per heavy atom. The lowest BCUT2D eigenvalue weighted by atomic mass is 9.94. The third kappa shape index (κ3) is 5.16. The Labute approximate surface area is 179 Å². The fourth-order valence-corrected chi connectivity index (χ4v) is 3.94. The first-order chi connectivity index (χ1) is 15.0. The second kappa shape index (κ2) is 10.3. The van der Waals surface area contributed by atoms with Gasteiger partial charge in [0, 0.05) is 18.1 Å². The largest absolute Gasteiger partial charge is 0.330 e. The van der Waals surface area contributed by atoms with E-state index < -0.39 is 35.9 Å². The molecular formula is C22H27FN4O4. The highest BCUT2D eigenvalue weighted by Crippen LogP contribution is 2.26. The van der Waals surface area contributed by atoms with Gasteiger partial charge in [0.15, 0.2) is 6.17 Å². The maximum absolute atomic E-state index is 14.6. The minimum atomic E-state index is -2.18. The first kappa shape index (κ1) is 22.6. The van der Waals surface area contributed by atoms with Gasteiger partial charge in [-0.1, -0.05) is 44.0 Å². The number of likely N-dealkylation sites (tertiary alicyclic amines) is 1. The molecule has 1 fully saturated rings. The third-order valence-corrected chi connectivity index (χ3v) is 5.62. The van der Waals surface area contributed by atoms with Gasteiger partial charge < -0.3 is 10.2 Å². The molecule has 0 spiro atoms. The van der Waals surface area contributed by atoms with Gasteiger partial charge >= 0.3 is 0 Å². The summed E-state index contributed by atoms with van der Waals surface area (Å²) in [5.74, 6) is -3.12. The molecular weight excluding hydrogens is 403 g/mol. The van der Waals surface area contributed by atoms with Crippen LogP contribution in [0.1, 0.15) is 39.0 Å². The topological polar surface area (TPSA) is 112 Å². The van der Waals surface area contributed by atoms with E-state index in [1.807, 2.05) is 31.2 Å². The number of halogens is 1. The van der Waals surface area contributed by atoms with E-state index in [-0.39, 0.29) is 6.42 Å². The average molecular weight is 430 g/mol. The van der Waals surface area contributed by atoms with Crippen molar-refractivity contribution in [2.75, 3.05) is 11.9 Å². The Morgan fingerprint density at radius 2 is 2.03 bits per heavy atom. The lowest BCUT2D eigenvalue weighted by molar-refractivity contribution is -0.148. The number of unbranched alkanes of at least 4 members (excludes halogenated alkanes) is 1. The van der Waals surface area contributed by atoms with Crippen LogP contribution < -0.4 is 10.8 Å². The van der Waals surface area contributed by atoms with Crippen molar-refractivity contribution in [1.82, 2.24) is 15.4 Å². The number of rotatable bonds is 8. The summed E-state index contributed by atoms with van der Waals surface area (Å²) >= 11 is 0. The van der Waals surface area contributed by atoms with Crippen LogP contribution in [0.25, 0.3) is 10.8 Å². The molecule has 3 rings (SSSR count). The van der Waals surface area contributed by atoms with Gasteiger partial charge in [-0.2, -0.15) is 0 Å². The van der Waals surface area contributed by atoms with Crippen LogP contribution in [0.5, 0.6) is 0 Å². The number of carbonyl (C=O) groups is 3. The number of hydrogen-bond donors (Lipinski definition) is 3. The lowest BCUT2D eigenvalue weighted by Gasteiger charge is -2.29. The van der Waals surface area contributed by atoms with Crippen LogP contribution in [0.3, 0.4) is 0 Å². The summed E-state index contributed by atoms with van der Waals surface area (Å²) in [6.07, 6.45) is 1.92. The van der Waals surface area contributed by atoms with Gasteiger partial charge in [-0.3, -0.25) is 19.6 Å². The molecule has 1 aliphatic rings. The van der Waals surface area contributed by atoms with E-state index in [9.17, 15) is 18.8 Å². The van der Waals surface area contributed by atoms with Crippen molar-refractivity contribution in [3.63, 3.8) is 0 Å². The van der Waals surface area contributed by atoms with Gasteiger partial charge in [0.1, 0.15) is 11.9 Å². The summed E-state index contributed by atoms with van der Waals surface area (Å²) < 4.78 is 14.6. The Morgan fingerprint density at radius 3 is 2.74 bits per heavy atom. The van der Waals surface area contributed by atoms with Crippen molar-refractivity contribution >= 4 is 34.3 Å². The van der Waals surface area contributed by atoms with E-state index in [0.29, 0.717) is 31.6 Å². The zero-order chi connectivity index (χ0) is 22.4. The molecule has 3 N–H and O–H groups in total. The summed E-state index contributed by atoms with van der Waals surface area (Å²) in [5.41, 5.74) is 1.28. The van der Waals surface area contributed by atoms with E-state index >= 15 is 0 Å². The van der Waals surface area contributed by atoms with E-state index in [1.165, 1.54) is 10.4 Å². The van der Waals surface area contributed by atoms with Gasteiger partial charge in [-0.05, 0) is 30.7 Å². The normalized spacial score (nSPS) is 17.9. The summed E-state index contributed by atoms with van der Waals surface area (Å²) in [6.45, 7) is 2.20. The second-order valence-electron chi connectivity index (χ2n) is 7.72. The van der Waals surface area contributed by atoms with Crippen LogP contribution in [0.4, 0.5) is 10.2 Å². The standard InChI is InChI=1S/C22H27FN4O4/c1-2-3-9-16(19(23)21(29)26-31)22(30)27-11-6-10-17(27)20(28)25-18-12-14-7-4-5-8-15(14)13-24-18/h4-5,7-8,12-13,16-17,19,31H,2-3,6,9-11H2,1H3,(H,26,29)(H,24,25,28)/t16?,17-,19?/m0/s1. The highest BCUT2D eigenvalue weighted by Gasteiger charge is 2.41. The summed E-state index contributed by atoms with van der Waals surface area (Å²) in [4.78, 5) is 43.2. The molecule has 9 heteroatoms. The van der Waals surface area contributed by atoms with Crippen LogP contribution >= 0.6 is 0 Å². The van der Waals surface area contributed by atoms with E-state index in [2.05, 4.69) is 10.3 Å². The first-order valence-corrected chi connectivity index (χ1v) is 10.5. The van der Waals surface area contributed by atoms with Gasteiger partial charge in [0.05, 0.1) is 5.92 Å². The number of anilines is 1. The summed E-state index contributed by atoms with van der Waals surface area (Å²) in [6, 6.07) is 8.59. The van der Waals surface area contributed by atoms with Crippen molar-refractivity contribution in [2.24, 2.45) is 5.92 Å². The molecule has 2 heterocycles. The van der Waals surface area contributed by atoms with Crippen LogP contribution in [0, 0.1) is 5.92 Å². The minimum absolute atomic E-state index is 0.154. The molecule has 0 radical (unpaired) electrons. The van der Waals surface area contributed by atoms with Crippen molar-refractivity contribution in [3.8, 4) is 0 Å². The molecule has 1 saturated heterocycles. The first-order valence-electron chi connectivity index (χ1n) is 10.5. The monoisotopic (exact) mass is 430 g/mol. The predicted molar refractivity (Wildman–Crippen MR) is 113 cm³/mol. The number of benzene rings is 1. The number of fused-ring (bicyclic) bond motifs is 1. The number of aromatic nitrogens is 1. The molecule has 0 aliphatic carbocycles. The maximum Gasteiger partial charge on any atom is 0.278 e. The Bertz CT molecular complexity index is 954. The Kier molecular flexibility index (Phi) is 7.51. The SMILES string of the molecule is CCCCC(C(=O)N1CCC[C@H]1C(=O)Nc1cc2ccccc2cn1)C(F)C(=O)NO. The summed E-state index contributed by atoms with van der Waals surface area (Å²) in [5, 5.41) is 13.4. The van der Waals surface area contributed by atoms with Crippen molar-refractivity contribution < 1.29 is 24.0 Å². The van der Waals surface area contributed by atoms with E-state index in [4.69, 9.17) is 5.21 Å². The molecule has 0 bridgehead atoms.